The molecule has 0 N–H and O–H groups in total. The minimum Gasteiger partial charge on any atom is -0.0835 e. The van der Waals surface area contributed by atoms with Crippen molar-refractivity contribution in [2.24, 2.45) is 0 Å². The molecule has 2 aromatic carbocycles. The maximum atomic E-state index is 6.11. The summed E-state index contributed by atoms with van der Waals surface area (Å²) in [5, 5.41) is 1.22. The average Bonchev–Trinajstić information content (AvgIpc) is 2.41. The lowest BCUT2D eigenvalue weighted by Gasteiger charge is -2.20. The first kappa shape index (κ1) is 16.9. The monoisotopic (exact) mass is 384 g/mol. The third kappa shape index (κ3) is 3.64. The van der Waals surface area contributed by atoms with E-state index in [0.717, 1.165) is 6.42 Å². The standard InChI is InChI=1S/C18H19BrCl2/c1-10-7-11(2)13(4)18(12(10)3)15(19)8-14-5-6-16(20)17(21)9-14/h5-7,9,15H,8H2,1-4H3. The van der Waals surface area contributed by atoms with Crippen LogP contribution in [0.25, 0.3) is 0 Å². The van der Waals surface area contributed by atoms with E-state index >= 15 is 0 Å². The van der Waals surface area contributed by atoms with Crippen molar-refractivity contribution < 1.29 is 0 Å². The highest BCUT2D eigenvalue weighted by atomic mass is 79.9. The van der Waals surface area contributed by atoms with Gasteiger partial charge in [0.25, 0.3) is 0 Å². The smallest absolute Gasteiger partial charge is 0.0595 e. The highest BCUT2D eigenvalue weighted by molar-refractivity contribution is 9.09. The average molecular weight is 386 g/mol. The maximum Gasteiger partial charge on any atom is 0.0595 e. The van der Waals surface area contributed by atoms with Gasteiger partial charge in [-0.05, 0) is 79.6 Å². The van der Waals surface area contributed by atoms with Gasteiger partial charge >= 0.3 is 0 Å². The van der Waals surface area contributed by atoms with E-state index < -0.39 is 0 Å². The molecule has 1 unspecified atom stereocenters. The molecule has 0 aromatic heterocycles. The van der Waals surface area contributed by atoms with Crippen molar-refractivity contribution in [1.29, 1.82) is 0 Å². The number of aryl methyl sites for hydroxylation is 2. The van der Waals surface area contributed by atoms with E-state index in [2.05, 4.69) is 49.7 Å². The summed E-state index contributed by atoms with van der Waals surface area (Å²) < 4.78 is 0. The molecule has 0 spiro atoms. The number of hydrogen-bond donors (Lipinski definition) is 0. The molecule has 0 bridgehead atoms. The number of rotatable bonds is 3. The van der Waals surface area contributed by atoms with E-state index in [1.165, 1.54) is 33.4 Å². The summed E-state index contributed by atoms with van der Waals surface area (Å²) in [6, 6.07) is 8.11. The lowest BCUT2D eigenvalue weighted by Crippen LogP contribution is -2.04. The van der Waals surface area contributed by atoms with Gasteiger partial charge in [-0.2, -0.15) is 0 Å². The first-order valence-corrected chi connectivity index (χ1v) is 8.63. The molecule has 0 saturated heterocycles. The van der Waals surface area contributed by atoms with Crippen LogP contribution in [0.1, 0.15) is 38.2 Å². The zero-order chi connectivity index (χ0) is 15.7. The van der Waals surface area contributed by atoms with Gasteiger partial charge in [0.2, 0.25) is 0 Å². The maximum absolute atomic E-state index is 6.11. The Balaban J connectivity index is 2.36. The molecule has 0 amide bonds. The predicted octanol–water partition coefficient (Wildman–Crippen LogP) is 6.91. The second-order valence-corrected chi connectivity index (χ2v) is 7.51. The Labute approximate surface area is 145 Å². The van der Waals surface area contributed by atoms with Crippen LogP contribution in [-0.2, 0) is 6.42 Å². The Bertz CT molecular complexity index is 651. The fraction of sp³-hybridized carbons (Fsp3) is 0.333. The van der Waals surface area contributed by atoms with Gasteiger partial charge in [0.15, 0.2) is 0 Å². The third-order valence-electron chi connectivity index (χ3n) is 4.14. The van der Waals surface area contributed by atoms with Gasteiger partial charge in [0.05, 0.1) is 10.0 Å². The molecule has 0 saturated carbocycles. The van der Waals surface area contributed by atoms with E-state index in [1.54, 1.807) is 0 Å². The van der Waals surface area contributed by atoms with Crippen LogP contribution in [0.3, 0.4) is 0 Å². The summed E-state index contributed by atoms with van der Waals surface area (Å²) in [7, 11) is 0. The molecule has 112 valence electrons. The van der Waals surface area contributed by atoms with Crippen LogP contribution in [0.2, 0.25) is 10.0 Å². The number of halogens is 3. The van der Waals surface area contributed by atoms with Crippen LogP contribution in [-0.4, -0.2) is 0 Å². The Morgan fingerprint density at radius 3 is 2.00 bits per heavy atom. The van der Waals surface area contributed by atoms with Gasteiger partial charge in [-0.25, -0.2) is 0 Å². The molecular formula is C18H19BrCl2. The SMILES string of the molecule is Cc1cc(C)c(C)c(C(Br)Cc2ccc(Cl)c(Cl)c2)c1C. The molecule has 1 atom stereocenters. The normalized spacial score (nSPS) is 12.5. The van der Waals surface area contributed by atoms with Crippen LogP contribution in [0, 0.1) is 27.7 Å². The zero-order valence-corrected chi connectivity index (χ0v) is 15.8. The van der Waals surface area contributed by atoms with Crippen molar-refractivity contribution in [3.05, 3.63) is 67.7 Å². The second kappa shape index (κ2) is 6.73. The van der Waals surface area contributed by atoms with Crippen LogP contribution >= 0.6 is 39.1 Å². The lowest BCUT2D eigenvalue weighted by molar-refractivity contribution is 0.919. The first-order chi connectivity index (χ1) is 9.81. The van der Waals surface area contributed by atoms with Crippen LogP contribution < -0.4 is 0 Å². The van der Waals surface area contributed by atoms with Crippen molar-refractivity contribution in [2.75, 3.05) is 0 Å². The van der Waals surface area contributed by atoms with E-state index in [-0.39, 0.29) is 4.83 Å². The van der Waals surface area contributed by atoms with Crippen molar-refractivity contribution >= 4 is 39.1 Å². The Morgan fingerprint density at radius 1 is 0.905 bits per heavy atom. The summed E-state index contributed by atoms with van der Waals surface area (Å²) >= 11 is 16.0. The van der Waals surface area contributed by atoms with Gasteiger partial charge in [0.1, 0.15) is 0 Å². The molecule has 0 heterocycles. The van der Waals surface area contributed by atoms with Crippen LogP contribution in [0.4, 0.5) is 0 Å². The van der Waals surface area contributed by atoms with E-state index in [9.17, 15) is 0 Å². The molecule has 0 radical (unpaired) electrons. The van der Waals surface area contributed by atoms with Crippen molar-refractivity contribution in [2.45, 2.75) is 38.9 Å². The summed E-state index contributed by atoms with van der Waals surface area (Å²) in [6.07, 6.45) is 0.890. The summed E-state index contributed by atoms with van der Waals surface area (Å²) in [6.45, 7) is 8.73. The van der Waals surface area contributed by atoms with E-state index in [1.807, 2.05) is 18.2 Å². The molecule has 0 aliphatic heterocycles. The minimum absolute atomic E-state index is 0.272. The van der Waals surface area contributed by atoms with Crippen LogP contribution in [0.5, 0.6) is 0 Å². The Kier molecular flexibility index (Phi) is 5.40. The highest BCUT2D eigenvalue weighted by Gasteiger charge is 2.17. The summed E-state index contributed by atoms with van der Waals surface area (Å²) in [4.78, 5) is 0.272. The fourth-order valence-corrected chi connectivity index (χ4v) is 4.07. The van der Waals surface area contributed by atoms with E-state index in [0.29, 0.717) is 10.0 Å². The zero-order valence-electron chi connectivity index (χ0n) is 12.7. The minimum atomic E-state index is 0.272. The summed E-state index contributed by atoms with van der Waals surface area (Å²) in [5.41, 5.74) is 7.97. The van der Waals surface area contributed by atoms with Gasteiger partial charge in [0, 0.05) is 4.83 Å². The fourth-order valence-electron chi connectivity index (χ4n) is 2.69. The molecule has 3 heteroatoms. The van der Waals surface area contributed by atoms with E-state index in [4.69, 9.17) is 23.2 Å². The molecule has 0 aliphatic carbocycles. The number of benzene rings is 2. The molecular weight excluding hydrogens is 367 g/mol. The quantitative estimate of drug-likeness (QED) is 0.503. The molecule has 2 rings (SSSR count). The van der Waals surface area contributed by atoms with Crippen molar-refractivity contribution in [1.82, 2.24) is 0 Å². The predicted molar refractivity (Wildman–Crippen MR) is 97.2 cm³/mol. The largest absolute Gasteiger partial charge is 0.0835 e. The van der Waals surface area contributed by atoms with Crippen LogP contribution in [0.15, 0.2) is 24.3 Å². The molecule has 0 fully saturated rings. The van der Waals surface area contributed by atoms with Gasteiger partial charge in [-0.15, -0.1) is 0 Å². The molecule has 0 aliphatic rings. The van der Waals surface area contributed by atoms with Crippen molar-refractivity contribution in [3.63, 3.8) is 0 Å². The molecule has 0 nitrogen and oxygen atoms in total. The number of alkyl halides is 1. The van der Waals surface area contributed by atoms with Gasteiger partial charge < -0.3 is 0 Å². The Morgan fingerprint density at radius 2 is 1.48 bits per heavy atom. The highest BCUT2D eigenvalue weighted by Crippen LogP contribution is 2.35. The summed E-state index contributed by atoms with van der Waals surface area (Å²) in [5.74, 6) is 0. The number of hydrogen-bond acceptors (Lipinski definition) is 0. The lowest BCUT2D eigenvalue weighted by atomic mass is 9.90. The molecule has 2 aromatic rings. The second-order valence-electron chi connectivity index (χ2n) is 5.59. The Hall–Kier alpha value is -0.500. The van der Waals surface area contributed by atoms with Gasteiger partial charge in [-0.1, -0.05) is 51.3 Å². The third-order valence-corrected chi connectivity index (χ3v) is 5.66. The molecule has 21 heavy (non-hydrogen) atoms. The first-order valence-electron chi connectivity index (χ1n) is 6.96. The van der Waals surface area contributed by atoms with Gasteiger partial charge in [-0.3, -0.25) is 0 Å². The van der Waals surface area contributed by atoms with Crippen molar-refractivity contribution in [3.8, 4) is 0 Å². The topological polar surface area (TPSA) is 0 Å².